The van der Waals surface area contributed by atoms with Gasteiger partial charge in [-0.05, 0) is 58.6 Å². The molecule has 6 heteroatoms. The van der Waals surface area contributed by atoms with E-state index in [4.69, 9.17) is 4.42 Å². The molecular formula is C24H30N4O2. The predicted molar refractivity (Wildman–Crippen MR) is 119 cm³/mol. The number of amides is 1. The SMILES string of the molecule is Cc1ccc(Cn2nc(C)c(C=CC(=O)NCC(c3ccco3)N(C)C)c2C)cc1. The molecule has 158 valence electrons. The van der Waals surface area contributed by atoms with Crippen LogP contribution in [0.15, 0.2) is 53.2 Å². The summed E-state index contributed by atoms with van der Waals surface area (Å²) in [6.45, 7) is 7.26. The molecule has 0 bridgehead atoms. The highest BCUT2D eigenvalue weighted by atomic mass is 16.3. The van der Waals surface area contributed by atoms with E-state index in [0.717, 1.165) is 22.7 Å². The number of aromatic nitrogens is 2. The Bertz CT molecular complexity index is 999. The molecule has 1 aromatic carbocycles. The van der Waals surface area contributed by atoms with Crippen molar-refractivity contribution >= 4 is 12.0 Å². The average Bonchev–Trinajstić information content (AvgIpc) is 3.31. The monoisotopic (exact) mass is 406 g/mol. The maximum atomic E-state index is 12.4. The molecule has 2 heterocycles. The van der Waals surface area contributed by atoms with Crippen LogP contribution < -0.4 is 5.32 Å². The molecule has 3 rings (SSSR count). The summed E-state index contributed by atoms with van der Waals surface area (Å²) in [6.07, 6.45) is 5.06. The number of hydrogen-bond donors (Lipinski definition) is 1. The zero-order valence-electron chi connectivity index (χ0n) is 18.3. The molecule has 0 aliphatic carbocycles. The number of hydrogen-bond acceptors (Lipinski definition) is 4. The number of nitrogens with zero attached hydrogens (tertiary/aromatic N) is 3. The smallest absolute Gasteiger partial charge is 0.244 e. The molecule has 0 saturated heterocycles. The number of aryl methyl sites for hydroxylation is 2. The fraction of sp³-hybridized carbons (Fsp3) is 0.333. The van der Waals surface area contributed by atoms with Crippen LogP contribution in [0.1, 0.15) is 39.9 Å². The Morgan fingerprint density at radius 3 is 2.57 bits per heavy atom. The van der Waals surface area contributed by atoms with Crippen molar-refractivity contribution in [2.75, 3.05) is 20.6 Å². The summed E-state index contributed by atoms with van der Waals surface area (Å²) in [4.78, 5) is 14.4. The Hall–Kier alpha value is -3.12. The molecule has 0 aliphatic heterocycles. The lowest BCUT2D eigenvalue weighted by molar-refractivity contribution is -0.116. The van der Waals surface area contributed by atoms with Gasteiger partial charge in [0.15, 0.2) is 0 Å². The number of furan rings is 1. The second kappa shape index (κ2) is 9.59. The van der Waals surface area contributed by atoms with Crippen molar-refractivity contribution in [1.29, 1.82) is 0 Å². The molecule has 2 aromatic heterocycles. The summed E-state index contributed by atoms with van der Waals surface area (Å²) >= 11 is 0. The van der Waals surface area contributed by atoms with Gasteiger partial charge in [0.05, 0.1) is 24.5 Å². The number of carbonyl (C=O) groups excluding carboxylic acids is 1. The normalized spacial score (nSPS) is 12.6. The topological polar surface area (TPSA) is 63.3 Å². The van der Waals surface area contributed by atoms with Crippen LogP contribution >= 0.6 is 0 Å². The van der Waals surface area contributed by atoms with Crippen molar-refractivity contribution < 1.29 is 9.21 Å². The Kier molecular flexibility index (Phi) is 6.90. The van der Waals surface area contributed by atoms with E-state index in [2.05, 4.69) is 41.6 Å². The summed E-state index contributed by atoms with van der Waals surface area (Å²) < 4.78 is 7.47. The van der Waals surface area contributed by atoms with E-state index < -0.39 is 0 Å². The standard InChI is InChI=1S/C24H30N4O2/c1-17-8-10-20(11-9-17)16-28-19(3)21(18(2)26-28)12-13-24(29)25-15-22(27(4)5)23-7-6-14-30-23/h6-14,22H,15-16H2,1-5H3,(H,25,29). The minimum Gasteiger partial charge on any atom is -0.468 e. The Balaban J connectivity index is 1.64. The van der Waals surface area contributed by atoms with Gasteiger partial charge in [0.25, 0.3) is 0 Å². The van der Waals surface area contributed by atoms with E-state index in [1.54, 1.807) is 12.3 Å². The van der Waals surface area contributed by atoms with Crippen molar-refractivity contribution in [3.05, 3.63) is 82.6 Å². The van der Waals surface area contributed by atoms with Crippen molar-refractivity contribution in [3.8, 4) is 0 Å². The number of likely N-dealkylation sites (N-methyl/N-ethyl adjacent to an activating group) is 1. The predicted octanol–water partition coefficient (Wildman–Crippen LogP) is 3.88. The van der Waals surface area contributed by atoms with Gasteiger partial charge < -0.3 is 9.73 Å². The number of nitrogens with one attached hydrogen (secondary N) is 1. The molecule has 0 fully saturated rings. The highest BCUT2D eigenvalue weighted by molar-refractivity contribution is 5.92. The number of benzene rings is 1. The van der Waals surface area contributed by atoms with Crippen LogP contribution in [0.25, 0.3) is 6.08 Å². The Morgan fingerprint density at radius 2 is 1.93 bits per heavy atom. The van der Waals surface area contributed by atoms with Crippen molar-refractivity contribution in [1.82, 2.24) is 20.0 Å². The van der Waals surface area contributed by atoms with E-state index in [-0.39, 0.29) is 11.9 Å². The lowest BCUT2D eigenvalue weighted by atomic mass is 10.1. The van der Waals surface area contributed by atoms with Gasteiger partial charge in [0.1, 0.15) is 5.76 Å². The van der Waals surface area contributed by atoms with E-state index in [9.17, 15) is 4.79 Å². The molecular weight excluding hydrogens is 376 g/mol. The van der Waals surface area contributed by atoms with Crippen LogP contribution in [0.3, 0.4) is 0 Å². The lowest BCUT2D eigenvalue weighted by Crippen LogP contribution is -2.33. The van der Waals surface area contributed by atoms with E-state index in [1.807, 2.05) is 55.7 Å². The molecule has 0 radical (unpaired) electrons. The van der Waals surface area contributed by atoms with Gasteiger partial charge in [-0.25, -0.2) is 0 Å². The zero-order valence-corrected chi connectivity index (χ0v) is 18.3. The molecule has 3 aromatic rings. The quantitative estimate of drug-likeness (QED) is 0.577. The van der Waals surface area contributed by atoms with Gasteiger partial charge in [-0.1, -0.05) is 29.8 Å². The minimum absolute atomic E-state index is 0.0157. The summed E-state index contributed by atoms with van der Waals surface area (Å²) in [5.74, 6) is 0.687. The molecule has 1 atom stereocenters. The van der Waals surface area contributed by atoms with Gasteiger partial charge in [-0.2, -0.15) is 5.10 Å². The van der Waals surface area contributed by atoms with Gasteiger partial charge in [-0.3, -0.25) is 14.4 Å². The molecule has 1 N–H and O–H groups in total. The highest BCUT2D eigenvalue weighted by Gasteiger charge is 2.17. The third-order valence-electron chi connectivity index (χ3n) is 5.26. The second-order valence-corrected chi connectivity index (χ2v) is 7.80. The van der Waals surface area contributed by atoms with Crippen LogP contribution in [0, 0.1) is 20.8 Å². The molecule has 6 nitrogen and oxygen atoms in total. The first-order valence-corrected chi connectivity index (χ1v) is 10.1. The first-order chi connectivity index (χ1) is 14.3. The fourth-order valence-corrected chi connectivity index (χ4v) is 3.41. The third kappa shape index (κ3) is 5.27. The van der Waals surface area contributed by atoms with Crippen LogP contribution in [0.4, 0.5) is 0 Å². The van der Waals surface area contributed by atoms with Gasteiger partial charge in [0.2, 0.25) is 5.91 Å². The van der Waals surface area contributed by atoms with Crippen LogP contribution in [-0.4, -0.2) is 41.2 Å². The third-order valence-corrected chi connectivity index (χ3v) is 5.26. The molecule has 30 heavy (non-hydrogen) atoms. The first kappa shape index (κ1) is 21.6. The van der Waals surface area contributed by atoms with Gasteiger partial charge in [-0.15, -0.1) is 0 Å². The second-order valence-electron chi connectivity index (χ2n) is 7.80. The highest BCUT2D eigenvalue weighted by Crippen LogP contribution is 2.18. The Labute approximate surface area is 178 Å². The van der Waals surface area contributed by atoms with Crippen molar-refractivity contribution in [3.63, 3.8) is 0 Å². The summed E-state index contributed by atoms with van der Waals surface area (Å²) in [5, 5.41) is 7.61. The molecule has 0 spiro atoms. The molecule has 0 saturated carbocycles. The number of carbonyl (C=O) groups is 1. The zero-order chi connectivity index (χ0) is 21.7. The van der Waals surface area contributed by atoms with Gasteiger partial charge >= 0.3 is 0 Å². The summed E-state index contributed by atoms with van der Waals surface area (Å²) in [6, 6.07) is 12.2. The van der Waals surface area contributed by atoms with E-state index in [1.165, 1.54) is 11.1 Å². The molecule has 1 amide bonds. The van der Waals surface area contributed by atoms with Crippen LogP contribution in [0.2, 0.25) is 0 Å². The maximum Gasteiger partial charge on any atom is 0.244 e. The molecule has 1 unspecified atom stereocenters. The average molecular weight is 407 g/mol. The van der Waals surface area contributed by atoms with Crippen LogP contribution in [-0.2, 0) is 11.3 Å². The summed E-state index contributed by atoms with van der Waals surface area (Å²) in [5.41, 5.74) is 5.37. The van der Waals surface area contributed by atoms with E-state index in [0.29, 0.717) is 13.1 Å². The fourth-order valence-electron chi connectivity index (χ4n) is 3.41. The lowest BCUT2D eigenvalue weighted by Gasteiger charge is -2.22. The first-order valence-electron chi connectivity index (χ1n) is 10.1. The summed E-state index contributed by atoms with van der Waals surface area (Å²) in [7, 11) is 3.93. The maximum absolute atomic E-state index is 12.4. The van der Waals surface area contributed by atoms with Gasteiger partial charge in [0, 0.05) is 23.9 Å². The Morgan fingerprint density at radius 1 is 1.20 bits per heavy atom. The number of rotatable bonds is 8. The minimum atomic E-state index is -0.140. The van der Waals surface area contributed by atoms with Crippen molar-refractivity contribution in [2.24, 2.45) is 0 Å². The van der Waals surface area contributed by atoms with Crippen LogP contribution in [0.5, 0.6) is 0 Å². The largest absolute Gasteiger partial charge is 0.468 e. The van der Waals surface area contributed by atoms with Crippen molar-refractivity contribution in [2.45, 2.75) is 33.4 Å². The van der Waals surface area contributed by atoms with E-state index >= 15 is 0 Å². The molecule has 0 aliphatic rings.